The molecule has 2 aromatic carbocycles. The number of ether oxygens (including phenoxy) is 5. The van der Waals surface area contributed by atoms with Crippen molar-refractivity contribution in [3.05, 3.63) is 71.8 Å². The molecule has 0 aliphatic carbocycles. The van der Waals surface area contributed by atoms with E-state index < -0.39 is 42.3 Å². The molecule has 0 amide bonds. The summed E-state index contributed by atoms with van der Waals surface area (Å²) in [6.07, 6.45) is -5.18. The minimum absolute atomic E-state index is 0.0672. The predicted molar refractivity (Wildman–Crippen MR) is 112 cm³/mol. The normalized spacial score (nSPS) is 30.1. The molecule has 2 bridgehead atoms. The van der Waals surface area contributed by atoms with Crippen LogP contribution in [-0.4, -0.2) is 65.7 Å². The number of fused-ring (bicyclic) bond motifs is 2. The first-order valence-corrected chi connectivity index (χ1v) is 10.7. The first-order chi connectivity index (χ1) is 15.5. The van der Waals surface area contributed by atoms with Gasteiger partial charge in [0.05, 0.1) is 26.4 Å². The van der Waals surface area contributed by atoms with E-state index in [9.17, 15) is 15.0 Å². The van der Waals surface area contributed by atoms with Crippen LogP contribution in [0.3, 0.4) is 0 Å². The fourth-order valence-electron chi connectivity index (χ4n) is 4.01. The number of hydrogen-bond acceptors (Lipinski definition) is 8. The number of benzene rings is 2. The molecule has 8 heteroatoms. The first kappa shape index (κ1) is 22.8. The number of aliphatic hydroxyl groups is 2. The number of esters is 1. The number of carbonyl (C=O) groups is 1. The van der Waals surface area contributed by atoms with Crippen LogP contribution in [0.15, 0.2) is 60.7 Å². The highest BCUT2D eigenvalue weighted by atomic mass is 16.7. The standard InChI is InChI=1S/C24H28O8/c1-2-28-22(26)20(25)24(27)15-31-23-19(30-14-17-11-7-4-8-12-17)18(21(24)32-23)29-13-16-9-5-3-6-10-16/h3-12,18-21,23,25,27H,2,13-15H2,1H3/t18-,19-,20+,21-,23+,24-/m1/s1. The van der Waals surface area contributed by atoms with Gasteiger partial charge in [-0.25, -0.2) is 4.79 Å². The Balaban J connectivity index is 1.55. The molecule has 4 rings (SSSR count). The average molecular weight is 444 g/mol. The molecule has 0 aromatic heterocycles. The van der Waals surface area contributed by atoms with Crippen LogP contribution in [0, 0.1) is 0 Å². The molecule has 2 fully saturated rings. The average Bonchev–Trinajstić information content (AvgIpc) is 3.13. The third kappa shape index (κ3) is 4.71. The molecule has 0 unspecified atom stereocenters. The number of rotatable bonds is 9. The van der Waals surface area contributed by atoms with E-state index in [1.54, 1.807) is 6.92 Å². The highest BCUT2D eigenvalue weighted by Gasteiger charge is 2.63. The number of hydrogen-bond donors (Lipinski definition) is 2. The molecule has 2 aromatic rings. The maximum atomic E-state index is 12.2. The molecule has 2 N–H and O–H groups in total. The Morgan fingerprint density at radius 1 is 1.03 bits per heavy atom. The summed E-state index contributed by atoms with van der Waals surface area (Å²) in [4.78, 5) is 12.2. The van der Waals surface area contributed by atoms with Gasteiger partial charge in [-0.05, 0) is 18.1 Å². The third-order valence-electron chi connectivity index (χ3n) is 5.70. The summed E-state index contributed by atoms with van der Waals surface area (Å²) in [5.41, 5.74) is -0.168. The lowest BCUT2D eigenvalue weighted by molar-refractivity contribution is -0.293. The van der Waals surface area contributed by atoms with Crippen LogP contribution >= 0.6 is 0 Å². The van der Waals surface area contributed by atoms with E-state index in [1.807, 2.05) is 60.7 Å². The highest BCUT2D eigenvalue weighted by Crippen LogP contribution is 2.41. The SMILES string of the molecule is CCOC(=O)[C@H](O)[C@]1(O)CO[C@H]2O[C@@H]1[C@H](OCc1ccccc1)[C@H]2OCc1ccccc1. The second-order valence-corrected chi connectivity index (χ2v) is 7.90. The fourth-order valence-corrected chi connectivity index (χ4v) is 4.01. The topological polar surface area (TPSA) is 104 Å². The summed E-state index contributed by atoms with van der Waals surface area (Å²) in [5.74, 6) is -0.948. The van der Waals surface area contributed by atoms with Crippen LogP contribution in [-0.2, 0) is 41.7 Å². The van der Waals surface area contributed by atoms with E-state index in [0.29, 0.717) is 0 Å². The lowest BCUT2D eigenvalue weighted by Crippen LogP contribution is -2.63. The van der Waals surface area contributed by atoms with E-state index in [4.69, 9.17) is 23.7 Å². The van der Waals surface area contributed by atoms with Crippen molar-refractivity contribution in [2.24, 2.45) is 0 Å². The molecule has 32 heavy (non-hydrogen) atoms. The van der Waals surface area contributed by atoms with Gasteiger partial charge < -0.3 is 33.9 Å². The summed E-state index contributed by atoms with van der Waals surface area (Å²) >= 11 is 0. The Bertz CT molecular complexity index is 876. The molecule has 0 radical (unpaired) electrons. The molecule has 0 spiro atoms. The summed E-state index contributed by atoms with van der Waals surface area (Å²) in [6, 6.07) is 19.1. The van der Waals surface area contributed by atoms with Gasteiger partial charge in [0.15, 0.2) is 18.0 Å². The number of aliphatic hydroxyl groups excluding tert-OH is 1. The largest absolute Gasteiger partial charge is 0.464 e. The zero-order valence-corrected chi connectivity index (χ0v) is 17.8. The molecule has 0 saturated carbocycles. The van der Waals surface area contributed by atoms with Crippen molar-refractivity contribution >= 4 is 5.97 Å². The molecule has 2 heterocycles. The second kappa shape index (κ2) is 10.1. The third-order valence-corrected chi connectivity index (χ3v) is 5.70. The zero-order valence-electron chi connectivity index (χ0n) is 17.8. The van der Waals surface area contributed by atoms with Gasteiger partial charge >= 0.3 is 5.97 Å². The van der Waals surface area contributed by atoms with Crippen molar-refractivity contribution in [1.29, 1.82) is 0 Å². The summed E-state index contributed by atoms with van der Waals surface area (Å²) in [6.45, 7) is 1.88. The van der Waals surface area contributed by atoms with Gasteiger partial charge in [-0.15, -0.1) is 0 Å². The quantitative estimate of drug-likeness (QED) is 0.562. The van der Waals surface area contributed by atoms with E-state index >= 15 is 0 Å². The fraction of sp³-hybridized carbons (Fsp3) is 0.458. The Kier molecular flexibility index (Phi) is 7.20. The van der Waals surface area contributed by atoms with E-state index in [0.717, 1.165) is 11.1 Å². The van der Waals surface area contributed by atoms with E-state index in [2.05, 4.69) is 0 Å². The van der Waals surface area contributed by atoms with Crippen molar-refractivity contribution in [3.63, 3.8) is 0 Å². The Morgan fingerprint density at radius 2 is 1.59 bits per heavy atom. The zero-order chi connectivity index (χ0) is 22.6. The van der Waals surface area contributed by atoms with Crippen molar-refractivity contribution in [2.45, 2.75) is 56.4 Å². The molecule has 2 aliphatic heterocycles. The Labute approximate surface area is 186 Å². The van der Waals surface area contributed by atoms with Crippen LogP contribution < -0.4 is 0 Å². The minimum Gasteiger partial charge on any atom is -0.464 e. The Hall–Kier alpha value is -2.33. The highest BCUT2D eigenvalue weighted by molar-refractivity contribution is 5.76. The van der Waals surface area contributed by atoms with Gasteiger partial charge in [0.1, 0.15) is 18.3 Å². The van der Waals surface area contributed by atoms with Crippen molar-refractivity contribution in [2.75, 3.05) is 13.2 Å². The number of carbonyl (C=O) groups excluding carboxylic acids is 1. The maximum absolute atomic E-state index is 12.2. The van der Waals surface area contributed by atoms with E-state index in [-0.39, 0.29) is 26.4 Å². The van der Waals surface area contributed by atoms with Gasteiger partial charge in [0.25, 0.3) is 0 Å². The maximum Gasteiger partial charge on any atom is 0.338 e. The van der Waals surface area contributed by atoms with Crippen molar-refractivity contribution in [3.8, 4) is 0 Å². The summed E-state index contributed by atoms with van der Waals surface area (Å²) < 4.78 is 28.7. The van der Waals surface area contributed by atoms with Gasteiger partial charge in [0.2, 0.25) is 0 Å². The molecular formula is C24H28O8. The van der Waals surface area contributed by atoms with Gasteiger partial charge in [-0.3, -0.25) is 0 Å². The molecular weight excluding hydrogens is 416 g/mol. The van der Waals surface area contributed by atoms with Crippen LogP contribution in [0.2, 0.25) is 0 Å². The molecule has 2 saturated heterocycles. The van der Waals surface area contributed by atoms with Crippen LogP contribution in [0.1, 0.15) is 18.1 Å². The van der Waals surface area contributed by atoms with Crippen molar-refractivity contribution < 1.29 is 38.7 Å². The molecule has 6 atom stereocenters. The van der Waals surface area contributed by atoms with Gasteiger partial charge in [-0.2, -0.15) is 0 Å². The van der Waals surface area contributed by atoms with Gasteiger partial charge in [-0.1, -0.05) is 60.7 Å². The van der Waals surface area contributed by atoms with Crippen molar-refractivity contribution in [1.82, 2.24) is 0 Å². The predicted octanol–water partition coefficient (Wildman–Crippen LogP) is 1.57. The lowest BCUT2D eigenvalue weighted by atomic mass is 9.87. The molecule has 2 aliphatic rings. The van der Waals surface area contributed by atoms with Crippen LogP contribution in [0.25, 0.3) is 0 Å². The van der Waals surface area contributed by atoms with E-state index in [1.165, 1.54) is 0 Å². The second-order valence-electron chi connectivity index (χ2n) is 7.90. The minimum atomic E-state index is -2.05. The smallest absolute Gasteiger partial charge is 0.338 e. The van der Waals surface area contributed by atoms with Crippen LogP contribution in [0.5, 0.6) is 0 Å². The first-order valence-electron chi connectivity index (χ1n) is 10.7. The molecule has 8 nitrogen and oxygen atoms in total. The summed E-state index contributed by atoms with van der Waals surface area (Å²) in [7, 11) is 0. The lowest BCUT2D eigenvalue weighted by Gasteiger charge is -2.40. The monoisotopic (exact) mass is 444 g/mol. The Morgan fingerprint density at radius 3 is 2.16 bits per heavy atom. The van der Waals surface area contributed by atoms with Gasteiger partial charge in [0, 0.05) is 0 Å². The molecule has 172 valence electrons. The van der Waals surface area contributed by atoms with Crippen LogP contribution in [0.4, 0.5) is 0 Å². The summed E-state index contributed by atoms with van der Waals surface area (Å²) in [5, 5.41) is 21.8.